The summed E-state index contributed by atoms with van der Waals surface area (Å²) < 4.78 is 11.3. The van der Waals surface area contributed by atoms with Crippen molar-refractivity contribution < 1.29 is 19.1 Å². The topological polar surface area (TPSA) is 76.7 Å². The quantitative estimate of drug-likeness (QED) is 0.748. The Hall–Kier alpha value is -3.02. The standard InChI is InChI=1S/C22H26N2O4/c1-3-12-27-17-9-6-8-16(14-17)23-21(25)22(26)24-19-11-13-28-20-15(4-2)7-5-10-18(19)20/h5-10,14,19H,3-4,11-13H2,1-2H3,(H,23,25)(H,24,26). The SMILES string of the molecule is CCCOc1cccc(NC(=O)C(=O)NC2CCOc3c(CC)cccc32)c1. The Morgan fingerprint density at radius 1 is 1.14 bits per heavy atom. The molecule has 0 spiro atoms. The van der Waals surface area contributed by atoms with Crippen LogP contribution in [-0.2, 0) is 16.0 Å². The lowest BCUT2D eigenvalue weighted by Gasteiger charge is -2.28. The van der Waals surface area contributed by atoms with Crippen LogP contribution in [0.25, 0.3) is 0 Å². The summed E-state index contributed by atoms with van der Waals surface area (Å²) in [6.45, 7) is 5.19. The Morgan fingerprint density at radius 2 is 1.96 bits per heavy atom. The molecule has 2 amide bonds. The molecule has 2 aromatic carbocycles. The number of carbonyl (C=O) groups excluding carboxylic acids is 2. The van der Waals surface area contributed by atoms with E-state index in [1.165, 1.54) is 0 Å². The van der Waals surface area contributed by atoms with Crippen molar-refractivity contribution in [3.05, 3.63) is 53.6 Å². The molecule has 0 bridgehead atoms. The number of nitrogens with one attached hydrogen (secondary N) is 2. The van der Waals surface area contributed by atoms with E-state index < -0.39 is 11.8 Å². The molecule has 0 radical (unpaired) electrons. The molecule has 1 heterocycles. The van der Waals surface area contributed by atoms with Crippen molar-refractivity contribution in [3.8, 4) is 11.5 Å². The third kappa shape index (κ3) is 4.63. The van der Waals surface area contributed by atoms with Gasteiger partial charge >= 0.3 is 11.8 Å². The van der Waals surface area contributed by atoms with Gasteiger partial charge in [0, 0.05) is 23.7 Å². The molecule has 2 N–H and O–H groups in total. The van der Waals surface area contributed by atoms with Crippen molar-refractivity contribution in [2.75, 3.05) is 18.5 Å². The molecular weight excluding hydrogens is 356 g/mol. The Bertz CT molecular complexity index is 850. The predicted molar refractivity (Wildman–Crippen MR) is 108 cm³/mol. The predicted octanol–water partition coefficient (Wildman–Crippen LogP) is 3.62. The fraction of sp³-hybridized carbons (Fsp3) is 0.364. The van der Waals surface area contributed by atoms with Crippen LogP contribution in [-0.4, -0.2) is 25.0 Å². The van der Waals surface area contributed by atoms with Gasteiger partial charge in [-0.3, -0.25) is 9.59 Å². The van der Waals surface area contributed by atoms with E-state index in [4.69, 9.17) is 9.47 Å². The van der Waals surface area contributed by atoms with Gasteiger partial charge in [0.15, 0.2) is 0 Å². The van der Waals surface area contributed by atoms with Crippen LogP contribution in [0.1, 0.15) is 43.9 Å². The molecule has 28 heavy (non-hydrogen) atoms. The van der Waals surface area contributed by atoms with Gasteiger partial charge in [-0.25, -0.2) is 0 Å². The lowest BCUT2D eigenvalue weighted by Crippen LogP contribution is -2.39. The molecule has 0 aromatic heterocycles. The molecule has 1 unspecified atom stereocenters. The Morgan fingerprint density at radius 3 is 2.75 bits per heavy atom. The van der Waals surface area contributed by atoms with E-state index >= 15 is 0 Å². The normalized spacial score (nSPS) is 15.1. The van der Waals surface area contributed by atoms with E-state index in [0.717, 1.165) is 29.7 Å². The lowest BCUT2D eigenvalue weighted by atomic mass is 9.96. The second-order valence-corrected chi connectivity index (χ2v) is 6.68. The first kappa shape index (κ1) is 19.7. The zero-order valence-corrected chi connectivity index (χ0v) is 16.3. The van der Waals surface area contributed by atoms with E-state index in [1.807, 2.05) is 31.2 Å². The van der Waals surface area contributed by atoms with Crippen LogP contribution in [0.4, 0.5) is 5.69 Å². The first-order valence-electron chi connectivity index (χ1n) is 9.71. The number of hydrogen-bond donors (Lipinski definition) is 2. The van der Waals surface area contributed by atoms with Crippen molar-refractivity contribution in [2.24, 2.45) is 0 Å². The summed E-state index contributed by atoms with van der Waals surface area (Å²) in [6.07, 6.45) is 2.37. The highest BCUT2D eigenvalue weighted by Crippen LogP contribution is 2.35. The van der Waals surface area contributed by atoms with Gasteiger partial charge in [-0.05, 0) is 30.5 Å². The molecule has 0 saturated heterocycles. The third-order valence-electron chi connectivity index (χ3n) is 4.61. The van der Waals surface area contributed by atoms with Crippen LogP contribution in [0, 0.1) is 0 Å². The minimum Gasteiger partial charge on any atom is -0.494 e. The first-order valence-corrected chi connectivity index (χ1v) is 9.71. The molecule has 0 fully saturated rings. The fourth-order valence-electron chi connectivity index (χ4n) is 3.21. The second kappa shape index (κ2) is 9.26. The monoisotopic (exact) mass is 382 g/mol. The van der Waals surface area contributed by atoms with E-state index in [0.29, 0.717) is 31.1 Å². The molecule has 6 nitrogen and oxygen atoms in total. The van der Waals surface area contributed by atoms with Crippen LogP contribution in [0.5, 0.6) is 11.5 Å². The van der Waals surface area contributed by atoms with Crippen LogP contribution in [0.2, 0.25) is 0 Å². The van der Waals surface area contributed by atoms with Gasteiger partial charge in [-0.15, -0.1) is 0 Å². The van der Waals surface area contributed by atoms with Crippen molar-refractivity contribution in [2.45, 2.75) is 39.2 Å². The summed E-state index contributed by atoms with van der Waals surface area (Å²) in [4.78, 5) is 24.8. The zero-order chi connectivity index (χ0) is 19.9. The van der Waals surface area contributed by atoms with Gasteiger partial charge < -0.3 is 20.1 Å². The number of hydrogen-bond acceptors (Lipinski definition) is 4. The highest BCUT2D eigenvalue weighted by atomic mass is 16.5. The molecule has 1 aliphatic heterocycles. The number of amides is 2. The maximum absolute atomic E-state index is 12.4. The van der Waals surface area contributed by atoms with Crippen molar-refractivity contribution in [1.82, 2.24) is 5.32 Å². The molecule has 2 aromatic rings. The Balaban J connectivity index is 1.65. The highest BCUT2D eigenvalue weighted by Gasteiger charge is 2.26. The second-order valence-electron chi connectivity index (χ2n) is 6.68. The highest BCUT2D eigenvalue weighted by molar-refractivity contribution is 6.39. The molecule has 0 saturated carbocycles. The zero-order valence-electron chi connectivity index (χ0n) is 16.3. The minimum atomic E-state index is -0.702. The van der Waals surface area contributed by atoms with Crippen molar-refractivity contribution in [1.29, 1.82) is 0 Å². The molecule has 0 aliphatic carbocycles. The number of benzene rings is 2. The van der Waals surface area contributed by atoms with E-state index in [9.17, 15) is 9.59 Å². The fourth-order valence-corrected chi connectivity index (χ4v) is 3.21. The van der Waals surface area contributed by atoms with Crippen molar-refractivity contribution >= 4 is 17.5 Å². The summed E-state index contributed by atoms with van der Waals surface area (Å²) >= 11 is 0. The Labute approximate surface area is 165 Å². The summed E-state index contributed by atoms with van der Waals surface area (Å²) in [5.41, 5.74) is 2.54. The van der Waals surface area contributed by atoms with Gasteiger partial charge in [-0.1, -0.05) is 38.1 Å². The van der Waals surface area contributed by atoms with Gasteiger partial charge in [0.2, 0.25) is 0 Å². The number of rotatable bonds is 6. The summed E-state index contributed by atoms with van der Waals surface area (Å²) in [6, 6.07) is 12.7. The molecule has 148 valence electrons. The van der Waals surface area contributed by atoms with Crippen molar-refractivity contribution in [3.63, 3.8) is 0 Å². The number of fused-ring (bicyclic) bond motifs is 1. The Kier molecular flexibility index (Phi) is 6.53. The summed E-state index contributed by atoms with van der Waals surface area (Å²) in [5.74, 6) is 0.111. The number of ether oxygens (including phenoxy) is 2. The van der Waals surface area contributed by atoms with E-state index in [1.54, 1.807) is 18.2 Å². The molecule has 6 heteroatoms. The largest absolute Gasteiger partial charge is 0.494 e. The minimum absolute atomic E-state index is 0.243. The number of carbonyl (C=O) groups is 2. The van der Waals surface area contributed by atoms with Gasteiger partial charge in [0.1, 0.15) is 11.5 Å². The van der Waals surface area contributed by atoms with E-state index in [2.05, 4.69) is 17.6 Å². The lowest BCUT2D eigenvalue weighted by molar-refractivity contribution is -0.136. The van der Waals surface area contributed by atoms with Crippen LogP contribution < -0.4 is 20.1 Å². The van der Waals surface area contributed by atoms with Gasteiger partial charge in [-0.2, -0.15) is 0 Å². The smallest absolute Gasteiger partial charge is 0.313 e. The van der Waals surface area contributed by atoms with Crippen LogP contribution in [0.15, 0.2) is 42.5 Å². The van der Waals surface area contributed by atoms with E-state index in [-0.39, 0.29) is 6.04 Å². The number of aryl methyl sites for hydroxylation is 1. The summed E-state index contributed by atoms with van der Waals surface area (Å²) in [7, 11) is 0. The third-order valence-corrected chi connectivity index (χ3v) is 4.61. The molecule has 1 aliphatic rings. The first-order chi connectivity index (χ1) is 13.6. The summed E-state index contributed by atoms with van der Waals surface area (Å²) in [5, 5.41) is 5.47. The molecular formula is C22H26N2O4. The number of para-hydroxylation sites is 1. The van der Waals surface area contributed by atoms with Gasteiger partial charge in [0.25, 0.3) is 0 Å². The van der Waals surface area contributed by atoms with Crippen LogP contribution >= 0.6 is 0 Å². The molecule has 3 rings (SSSR count). The average Bonchev–Trinajstić information content (AvgIpc) is 2.72. The maximum Gasteiger partial charge on any atom is 0.313 e. The maximum atomic E-state index is 12.4. The number of anilines is 1. The average molecular weight is 382 g/mol. The van der Waals surface area contributed by atoms with Gasteiger partial charge in [0.05, 0.1) is 19.3 Å². The molecule has 1 atom stereocenters. The van der Waals surface area contributed by atoms with Crippen LogP contribution in [0.3, 0.4) is 0 Å².